The highest BCUT2D eigenvalue weighted by Gasteiger charge is 2.12. The van der Waals surface area contributed by atoms with Crippen LogP contribution in [-0.4, -0.2) is 38.5 Å². The van der Waals surface area contributed by atoms with Gasteiger partial charge < -0.3 is 10.1 Å². The predicted molar refractivity (Wildman–Crippen MR) is 91.6 cm³/mol. The monoisotopic (exact) mass is 377 g/mol. The van der Waals surface area contributed by atoms with E-state index in [1.54, 1.807) is 6.07 Å². The van der Waals surface area contributed by atoms with Crippen LogP contribution < -0.4 is 10.1 Å². The number of para-hydroxylation sites is 1. The number of nitrogens with zero attached hydrogens (tertiary/aromatic N) is 4. The maximum Gasteiger partial charge on any atom is 0.387 e. The Morgan fingerprint density at radius 3 is 2.77 bits per heavy atom. The number of carbonyl (C=O) groups excluding carboxylic acids is 1. The molecular weight excluding hydrogens is 364 g/mol. The van der Waals surface area contributed by atoms with Crippen LogP contribution in [0, 0.1) is 0 Å². The third-order valence-electron chi connectivity index (χ3n) is 3.12. The van der Waals surface area contributed by atoms with Gasteiger partial charge >= 0.3 is 6.61 Å². The summed E-state index contributed by atoms with van der Waals surface area (Å²) in [5, 5.41) is 14.5. The molecule has 0 atom stereocenters. The summed E-state index contributed by atoms with van der Waals surface area (Å²) in [6, 6.07) is 15.1. The number of rotatable bonds is 7. The van der Waals surface area contributed by atoms with Crippen LogP contribution >= 0.6 is 11.8 Å². The van der Waals surface area contributed by atoms with Crippen LogP contribution in [0.15, 0.2) is 59.8 Å². The molecule has 3 aromatic rings. The molecule has 0 saturated heterocycles. The average molecular weight is 377 g/mol. The fourth-order valence-electron chi connectivity index (χ4n) is 2.08. The molecule has 10 heteroatoms. The van der Waals surface area contributed by atoms with Gasteiger partial charge in [-0.2, -0.15) is 13.5 Å². The minimum atomic E-state index is -2.92. The molecule has 3 rings (SSSR count). The lowest BCUT2D eigenvalue weighted by molar-refractivity contribution is -0.113. The van der Waals surface area contributed by atoms with Gasteiger partial charge in [0.2, 0.25) is 11.1 Å². The number of benzene rings is 2. The SMILES string of the molecule is O=C(CSc1nnnn1-c1ccccc1)Nc1cccc(OC(F)F)c1. The van der Waals surface area contributed by atoms with Crippen LogP contribution in [0.5, 0.6) is 5.75 Å². The molecule has 1 aromatic heterocycles. The fourth-order valence-corrected chi connectivity index (χ4v) is 2.77. The van der Waals surface area contributed by atoms with Gasteiger partial charge in [0.15, 0.2) is 0 Å². The van der Waals surface area contributed by atoms with Crippen LogP contribution in [0.1, 0.15) is 0 Å². The van der Waals surface area contributed by atoms with E-state index < -0.39 is 6.61 Å². The average Bonchev–Trinajstić information content (AvgIpc) is 3.09. The second kappa shape index (κ2) is 8.39. The number of halogens is 2. The summed E-state index contributed by atoms with van der Waals surface area (Å²) in [6.45, 7) is -2.92. The second-order valence-electron chi connectivity index (χ2n) is 4.95. The van der Waals surface area contributed by atoms with Gasteiger partial charge in [-0.05, 0) is 34.7 Å². The normalized spacial score (nSPS) is 10.7. The maximum atomic E-state index is 12.2. The van der Waals surface area contributed by atoms with E-state index in [0.717, 1.165) is 17.4 Å². The molecule has 1 N–H and O–H groups in total. The third-order valence-corrected chi connectivity index (χ3v) is 4.04. The Hall–Kier alpha value is -3.01. The van der Waals surface area contributed by atoms with E-state index in [9.17, 15) is 13.6 Å². The molecule has 0 bridgehead atoms. The molecule has 0 aliphatic heterocycles. The van der Waals surface area contributed by atoms with Crippen molar-refractivity contribution in [2.24, 2.45) is 0 Å². The third kappa shape index (κ3) is 4.76. The van der Waals surface area contributed by atoms with E-state index >= 15 is 0 Å². The van der Waals surface area contributed by atoms with Crippen molar-refractivity contribution in [1.29, 1.82) is 0 Å². The maximum absolute atomic E-state index is 12.2. The van der Waals surface area contributed by atoms with Crippen LogP contribution in [0.25, 0.3) is 5.69 Å². The molecule has 1 heterocycles. The molecular formula is C16H13F2N5O2S. The molecule has 0 spiro atoms. The largest absolute Gasteiger partial charge is 0.435 e. The zero-order valence-corrected chi connectivity index (χ0v) is 14.1. The molecule has 0 unspecified atom stereocenters. The second-order valence-corrected chi connectivity index (χ2v) is 5.89. The summed E-state index contributed by atoms with van der Waals surface area (Å²) in [7, 11) is 0. The molecule has 0 fully saturated rings. The highest BCUT2D eigenvalue weighted by Crippen LogP contribution is 2.21. The van der Waals surface area contributed by atoms with E-state index in [-0.39, 0.29) is 17.4 Å². The molecule has 2 aromatic carbocycles. The van der Waals surface area contributed by atoms with E-state index in [1.165, 1.54) is 22.9 Å². The number of hydrogen-bond donors (Lipinski definition) is 1. The standard InChI is InChI=1S/C16H13F2N5O2S/c17-15(18)25-13-8-4-5-11(9-13)19-14(24)10-26-16-20-21-22-23(16)12-6-2-1-3-7-12/h1-9,15H,10H2,(H,19,24). The van der Waals surface area contributed by atoms with Gasteiger partial charge in [0.05, 0.1) is 11.4 Å². The van der Waals surface area contributed by atoms with E-state index in [1.807, 2.05) is 30.3 Å². The van der Waals surface area contributed by atoms with Crippen LogP contribution in [0.2, 0.25) is 0 Å². The topological polar surface area (TPSA) is 81.9 Å². The summed E-state index contributed by atoms with van der Waals surface area (Å²) >= 11 is 1.15. The Morgan fingerprint density at radius 2 is 2.00 bits per heavy atom. The van der Waals surface area contributed by atoms with Gasteiger partial charge in [-0.1, -0.05) is 36.0 Å². The quantitative estimate of drug-likeness (QED) is 0.638. The first kappa shape index (κ1) is 17.8. The zero-order chi connectivity index (χ0) is 18.4. The number of tetrazole rings is 1. The number of carbonyl (C=O) groups is 1. The van der Waals surface area contributed by atoms with Gasteiger partial charge in [0.1, 0.15) is 5.75 Å². The summed E-state index contributed by atoms with van der Waals surface area (Å²) in [5.41, 5.74) is 1.13. The summed E-state index contributed by atoms with van der Waals surface area (Å²) in [4.78, 5) is 12.1. The number of alkyl halides is 2. The van der Waals surface area contributed by atoms with Gasteiger partial charge in [-0.15, -0.1) is 5.10 Å². The predicted octanol–water partition coefficient (Wildman–Crippen LogP) is 2.99. The number of aromatic nitrogens is 4. The van der Waals surface area contributed by atoms with Crippen LogP contribution in [0.3, 0.4) is 0 Å². The fraction of sp³-hybridized carbons (Fsp3) is 0.125. The molecule has 0 aliphatic carbocycles. The number of amides is 1. The first-order valence-electron chi connectivity index (χ1n) is 7.43. The van der Waals surface area contributed by atoms with Crippen molar-refractivity contribution in [3.05, 3.63) is 54.6 Å². The summed E-state index contributed by atoms with van der Waals surface area (Å²) in [6.07, 6.45) is 0. The molecule has 7 nitrogen and oxygen atoms in total. The Kier molecular flexibility index (Phi) is 5.74. The number of nitrogens with one attached hydrogen (secondary N) is 1. The van der Waals surface area contributed by atoms with Gasteiger partial charge in [-0.25, -0.2) is 0 Å². The summed E-state index contributed by atoms with van der Waals surface area (Å²) < 4.78 is 30.3. The van der Waals surface area contributed by atoms with Crippen molar-refractivity contribution < 1.29 is 18.3 Å². The molecule has 0 aliphatic rings. The Morgan fingerprint density at radius 1 is 1.19 bits per heavy atom. The molecule has 0 saturated carbocycles. The Labute approximate surface area is 151 Å². The highest BCUT2D eigenvalue weighted by atomic mass is 32.2. The molecule has 1 amide bonds. The van der Waals surface area contributed by atoms with Crippen molar-refractivity contribution in [2.45, 2.75) is 11.8 Å². The van der Waals surface area contributed by atoms with E-state index in [0.29, 0.717) is 10.8 Å². The first-order chi connectivity index (χ1) is 12.6. The number of hydrogen-bond acceptors (Lipinski definition) is 6. The number of anilines is 1. The van der Waals surface area contributed by atoms with E-state index in [2.05, 4.69) is 25.6 Å². The van der Waals surface area contributed by atoms with Gasteiger partial charge in [-0.3, -0.25) is 4.79 Å². The van der Waals surface area contributed by atoms with Crippen molar-refractivity contribution in [3.8, 4) is 11.4 Å². The van der Waals surface area contributed by atoms with Gasteiger partial charge in [0.25, 0.3) is 0 Å². The number of ether oxygens (including phenoxy) is 1. The number of thioether (sulfide) groups is 1. The summed E-state index contributed by atoms with van der Waals surface area (Å²) in [5.74, 6) is -0.307. The lowest BCUT2D eigenvalue weighted by Gasteiger charge is -2.08. The minimum absolute atomic E-state index is 0.0292. The van der Waals surface area contributed by atoms with E-state index in [4.69, 9.17) is 0 Å². The Bertz CT molecular complexity index is 876. The highest BCUT2D eigenvalue weighted by molar-refractivity contribution is 7.99. The van der Waals surface area contributed by atoms with Crippen LogP contribution in [0.4, 0.5) is 14.5 Å². The molecule has 0 radical (unpaired) electrons. The van der Waals surface area contributed by atoms with Crippen molar-refractivity contribution in [2.75, 3.05) is 11.1 Å². The minimum Gasteiger partial charge on any atom is -0.435 e. The van der Waals surface area contributed by atoms with Crippen LogP contribution in [-0.2, 0) is 4.79 Å². The molecule has 134 valence electrons. The van der Waals surface area contributed by atoms with Crippen molar-refractivity contribution in [3.63, 3.8) is 0 Å². The van der Waals surface area contributed by atoms with Crippen molar-refractivity contribution >= 4 is 23.4 Å². The van der Waals surface area contributed by atoms with Crippen molar-refractivity contribution in [1.82, 2.24) is 20.2 Å². The lowest BCUT2D eigenvalue weighted by Crippen LogP contribution is -2.14. The van der Waals surface area contributed by atoms with Gasteiger partial charge in [0, 0.05) is 11.8 Å². The zero-order valence-electron chi connectivity index (χ0n) is 13.3. The first-order valence-corrected chi connectivity index (χ1v) is 8.42. The Balaban J connectivity index is 1.60. The molecule has 26 heavy (non-hydrogen) atoms. The smallest absolute Gasteiger partial charge is 0.387 e. The lowest BCUT2D eigenvalue weighted by atomic mass is 10.3.